The van der Waals surface area contributed by atoms with Crippen LogP contribution in [0.2, 0.25) is 0 Å². The lowest BCUT2D eigenvalue weighted by atomic mass is 10.2. The predicted molar refractivity (Wildman–Crippen MR) is 68.9 cm³/mol. The smallest absolute Gasteiger partial charge is 0.111 e. The van der Waals surface area contributed by atoms with Gasteiger partial charge in [-0.2, -0.15) is 0 Å². The van der Waals surface area contributed by atoms with E-state index in [1.165, 1.54) is 0 Å². The molecule has 0 radical (unpaired) electrons. The summed E-state index contributed by atoms with van der Waals surface area (Å²) in [6.07, 6.45) is 1.06. The number of nitrogens with one attached hydrogen (secondary N) is 1. The van der Waals surface area contributed by atoms with E-state index in [0.29, 0.717) is 6.04 Å². The molecule has 0 fully saturated rings. The molecule has 0 heterocycles. The number of para-hydroxylation sites is 1. The Morgan fingerprint density at radius 2 is 1.93 bits per heavy atom. The summed E-state index contributed by atoms with van der Waals surface area (Å²) < 4.78 is 12.1. The highest BCUT2D eigenvalue weighted by molar-refractivity contribution is 7.70. The van der Waals surface area contributed by atoms with Gasteiger partial charge < -0.3 is 9.88 Å². The zero-order valence-corrected chi connectivity index (χ0v) is 10.8. The lowest BCUT2D eigenvalue weighted by Crippen LogP contribution is -2.19. The van der Waals surface area contributed by atoms with Crippen LogP contribution >= 0.6 is 7.14 Å². The second-order valence-corrected chi connectivity index (χ2v) is 7.51. The van der Waals surface area contributed by atoms with Crippen molar-refractivity contribution in [1.29, 1.82) is 0 Å². The van der Waals surface area contributed by atoms with Crippen LogP contribution in [0.1, 0.15) is 20.3 Å². The molecule has 1 rings (SSSR count). The highest BCUT2D eigenvalue weighted by Gasteiger charge is 2.15. The Morgan fingerprint density at radius 1 is 1.33 bits per heavy atom. The zero-order chi connectivity index (χ0) is 11.5. The highest BCUT2D eigenvalue weighted by atomic mass is 31.2. The third-order valence-corrected chi connectivity index (χ3v) is 4.05. The van der Waals surface area contributed by atoms with Crippen molar-refractivity contribution < 1.29 is 4.57 Å². The van der Waals surface area contributed by atoms with Crippen LogP contribution in [0, 0.1) is 0 Å². The van der Waals surface area contributed by atoms with Gasteiger partial charge in [-0.1, -0.05) is 19.1 Å². The molecule has 0 saturated heterocycles. The standard InChI is InChI=1S/C12H20NOP/c1-5-10(2)13-11-8-6-7-9-12(11)15(3,4)14/h6-10,13H,5H2,1-4H3. The maximum absolute atomic E-state index is 12.1. The zero-order valence-electron chi connectivity index (χ0n) is 9.95. The van der Waals surface area contributed by atoms with E-state index in [4.69, 9.17) is 0 Å². The lowest BCUT2D eigenvalue weighted by Gasteiger charge is -2.18. The van der Waals surface area contributed by atoms with Crippen molar-refractivity contribution in [2.24, 2.45) is 0 Å². The van der Waals surface area contributed by atoms with Crippen molar-refractivity contribution in [3.8, 4) is 0 Å². The van der Waals surface area contributed by atoms with Gasteiger partial charge in [0.15, 0.2) is 0 Å². The van der Waals surface area contributed by atoms with Crippen LogP contribution in [0.15, 0.2) is 24.3 Å². The average Bonchev–Trinajstić information content (AvgIpc) is 2.17. The molecule has 2 nitrogen and oxygen atoms in total. The molecule has 84 valence electrons. The van der Waals surface area contributed by atoms with Gasteiger partial charge in [-0.3, -0.25) is 0 Å². The van der Waals surface area contributed by atoms with Gasteiger partial charge >= 0.3 is 0 Å². The van der Waals surface area contributed by atoms with Crippen LogP contribution in [0.4, 0.5) is 5.69 Å². The van der Waals surface area contributed by atoms with E-state index in [2.05, 4.69) is 19.2 Å². The topological polar surface area (TPSA) is 29.1 Å². The summed E-state index contributed by atoms with van der Waals surface area (Å²) in [6.45, 7) is 7.89. The first-order chi connectivity index (χ1) is 6.95. The third-order valence-electron chi connectivity index (χ3n) is 2.50. The fourth-order valence-electron chi connectivity index (χ4n) is 1.43. The molecule has 0 saturated carbocycles. The van der Waals surface area contributed by atoms with Gasteiger partial charge in [0, 0.05) is 17.0 Å². The molecule has 1 aromatic rings. The van der Waals surface area contributed by atoms with Gasteiger partial charge in [0.1, 0.15) is 7.14 Å². The van der Waals surface area contributed by atoms with Crippen LogP contribution in [0.5, 0.6) is 0 Å². The summed E-state index contributed by atoms with van der Waals surface area (Å²) in [5.41, 5.74) is 1.01. The number of anilines is 1. The average molecular weight is 225 g/mol. The van der Waals surface area contributed by atoms with Gasteiger partial charge in [-0.15, -0.1) is 0 Å². The molecular weight excluding hydrogens is 205 g/mol. The lowest BCUT2D eigenvalue weighted by molar-refractivity contribution is 0.588. The Bertz CT molecular complexity index is 370. The Morgan fingerprint density at radius 3 is 2.47 bits per heavy atom. The summed E-state index contributed by atoms with van der Waals surface area (Å²) >= 11 is 0. The van der Waals surface area contributed by atoms with E-state index in [-0.39, 0.29) is 0 Å². The summed E-state index contributed by atoms with van der Waals surface area (Å²) in [4.78, 5) is 0. The van der Waals surface area contributed by atoms with E-state index < -0.39 is 7.14 Å². The molecule has 0 aliphatic carbocycles. The van der Waals surface area contributed by atoms with E-state index >= 15 is 0 Å². The molecule has 3 heteroatoms. The Balaban J connectivity index is 3.02. The maximum atomic E-state index is 12.1. The molecule has 1 N–H and O–H groups in total. The van der Waals surface area contributed by atoms with Crippen LogP contribution < -0.4 is 10.6 Å². The van der Waals surface area contributed by atoms with E-state index in [1.54, 1.807) is 0 Å². The minimum Gasteiger partial charge on any atom is -0.382 e. The van der Waals surface area contributed by atoms with Crippen LogP contribution in [0.3, 0.4) is 0 Å². The quantitative estimate of drug-likeness (QED) is 0.797. The Kier molecular flexibility index (Phi) is 3.98. The van der Waals surface area contributed by atoms with Gasteiger partial charge in [0.05, 0.1) is 0 Å². The molecule has 1 atom stereocenters. The van der Waals surface area contributed by atoms with Gasteiger partial charge in [0.25, 0.3) is 0 Å². The summed E-state index contributed by atoms with van der Waals surface area (Å²) in [6, 6.07) is 8.28. The second-order valence-electron chi connectivity index (χ2n) is 4.32. The SMILES string of the molecule is CCC(C)Nc1ccccc1P(C)(C)=O. The third kappa shape index (κ3) is 3.39. The van der Waals surface area contributed by atoms with E-state index in [0.717, 1.165) is 17.4 Å². The summed E-state index contributed by atoms with van der Waals surface area (Å²) in [5, 5.41) is 4.34. The molecular formula is C12H20NOP. The molecule has 0 aromatic heterocycles. The van der Waals surface area contributed by atoms with Gasteiger partial charge in [-0.25, -0.2) is 0 Å². The summed E-state index contributed by atoms with van der Waals surface area (Å²) in [7, 11) is -2.18. The molecule has 0 spiro atoms. The molecule has 0 amide bonds. The summed E-state index contributed by atoms with van der Waals surface area (Å²) in [5.74, 6) is 0. The van der Waals surface area contributed by atoms with Crippen molar-refractivity contribution in [3.05, 3.63) is 24.3 Å². The molecule has 1 aromatic carbocycles. The monoisotopic (exact) mass is 225 g/mol. The van der Waals surface area contributed by atoms with Gasteiger partial charge in [0.2, 0.25) is 0 Å². The van der Waals surface area contributed by atoms with Crippen LogP contribution in [-0.2, 0) is 4.57 Å². The second kappa shape index (κ2) is 4.85. The fourth-order valence-corrected chi connectivity index (χ4v) is 2.60. The van der Waals surface area contributed by atoms with Crippen LogP contribution in [0.25, 0.3) is 0 Å². The minimum atomic E-state index is -2.18. The number of rotatable bonds is 4. The number of hydrogen-bond acceptors (Lipinski definition) is 2. The van der Waals surface area contributed by atoms with Gasteiger partial charge in [-0.05, 0) is 38.8 Å². The molecule has 0 bridgehead atoms. The Hall–Kier alpha value is -0.750. The molecule has 1 unspecified atom stereocenters. The van der Waals surface area contributed by atoms with Crippen molar-refractivity contribution in [2.75, 3.05) is 18.6 Å². The minimum absolute atomic E-state index is 0.415. The first kappa shape index (κ1) is 12.3. The first-order valence-corrected chi connectivity index (χ1v) is 7.96. The number of hydrogen-bond donors (Lipinski definition) is 1. The van der Waals surface area contributed by atoms with E-state index in [1.807, 2.05) is 37.6 Å². The predicted octanol–water partition coefficient (Wildman–Crippen LogP) is 3.15. The fraction of sp³-hybridized carbons (Fsp3) is 0.500. The van der Waals surface area contributed by atoms with E-state index in [9.17, 15) is 4.57 Å². The van der Waals surface area contributed by atoms with Crippen molar-refractivity contribution in [3.63, 3.8) is 0 Å². The van der Waals surface area contributed by atoms with Crippen molar-refractivity contribution >= 4 is 18.1 Å². The normalized spacial score (nSPS) is 13.6. The molecule has 15 heavy (non-hydrogen) atoms. The first-order valence-electron chi connectivity index (χ1n) is 5.36. The highest BCUT2D eigenvalue weighted by Crippen LogP contribution is 2.37. The van der Waals surface area contributed by atoms with Crippen molar-refractivity contribution in [1.82, 2.24) is 0 Å². The Labute approximate surface area is 92.5 Å². The van der Waals surface area contributed by atoms with Crippen molar-refractivity contribution in [2.45, 2.75) is 26.3 Å². The molecule has 0 aliphatic rings. The maximum Gasteiger partial charge on any atom is 0.111 e. The van der Waals surface area contributed by atoms with Crippen LogP contribution in [-0.4, -0.2) is 19.4 Å². The molecule has 0 aliphatic heterocycles. The number of benzene rings is 1. The largest absolute Gasteiger partial charge is 0.382 e.